The number of fused-ring (bicyclic) bond motifs is 2. The zero-order valence-corrected chi connectivity index (χ0v) is 17.5. The second-order valence-corrected chi connectivity index (χ2v) is 7.59. The van der Waals surface area contributed by atoms with Crippen LogP contribution in [0.3, 0.4) is 0 Å². The lowest BCUT2D eigenvalue weighted by molar-refractivity contribution is -0.135. The number of likely N-dealkylation sites (N-methyl/N-ethyl adjacent to an activating group) is 2. The van der Waals surface area contributed by atoms with Crippen LogP contribution in [0.1, 0.15) is 9.67 Å². The van der Waals surface area contributed by atoms with Gasteiger partial charge in [-0.3, -0.25) is 19.4 Å². The first-order valence-corrected chi connectivity index (χ1v) is 10.1. The van der Waals surface area contributed by atoms with E-state index < -0.39 is 17.4 Å². The molecule has 0 unspecified atom stereocenters. The van der Waals surface area contributed by atoms with Crippen LogP contribution in [0.5, 0.6) is 0 Å². The van der Waals surface area contributed by atoms with E-state index in [-0.39, 0.29) is 24.9 Å². The number of carboxylic acid groups (broad SMARTS) is 1. The molecular formula is C17H18N4O7S2. The lowest BCUT2D eigenvalue weighted by atomic mass is 10.4. The molecule has 0 radical (unpaired) electrons. The minimum atomic E-state index is -0.822. The Hall–Kier alpha value is -3.29. The predicted molar refractivity (Wildman–Crippen MR) is 112 cm³/mol. The molecule has 0 bridgehead atoms. The molecule has 2 amide bonds. The summed E-state index contributed by atoms with van der Waals surface area (Å²) in [6.45, 7) is 0.167. The Morgan fingerprint density at radius 1 is 1.23 bits per heavy atom. The Kier molecular flexibility index (Phi) is 8.03. The SMILES string of the molecule is CN1CC(=O)Nc2ccsc2C1=O.CNCC(=O)O.O=c1[nH]c2ccsc2c(=O)o1. The van der Waals surface area contributed by atoms with Gasteiger partial charge in [0.05, 0.1) is 24.3 Å². The summed E-state index contributed by atoms with van der Waals surface area (Å²) in [7, 11) is 3.21. The third-order valence-electron chi connectivity index (χ3n) is 3.46. The minimum Gasteiger partial charge on any atom is -0.480 e. The number of aliphatic carboxylic acids is 1. The molecule has 4 heterocycles. The van der Waals surface area contributed by atoms with Gasteiger partial charge >= 0.3 is 17.4 Å². The van der Waals surface area contributed by atoms with Gasteiger partial charge in [0.2, 0.25) is 5.91 Å². The van der Waals surface area contributed by atoms with Crippen LogP contribution in [0, 0.1) is 0 Å². The zero-order valence-electron chi connectivity index (χ0n) is 15.9. The van der Waals surface area contributed by atoms with E-state index >= 15 is 0 Å². The summed E-state index contributed by atoms with van der Waals surface area (Å²) < 4.78 is 4.74. The van der Waals surface area contributed by atoms with Crippen molar-refractivity contribution >= 4 is 56.4 Å². The number of aromatic amines is 1. The van der Waals surface area contributed by atoms with Gasteiger partial charge in [-0.25, -0.2) is 9.59 Å². The maximum Gasteiger partial charge on any atom is 0.419 e. The molecule has 0 spiro atoms. The largest absolute Gasteiger partial charge is 0.480 e. The number of rotatable bonds is 2. The van der Waals surface area contributed by atoms with Crippen LogP contribution in [0.15, 0.2) is 36.9 Å². The lowest BCUT2D eigenvalue weighted by Crippen LogP contribution is -2.31. The highest BCUT2D eigenvalue weighted by atomic mass is 32.1. The van der Waals surface area contributed by atoms with E-state index in [9.17, 15) is 24.0 Å². The molecule has 0 saturated heterocycles. The summed E-state index contributed by atoms with van der Waals surface area (Å²) in [6, 6.07) is 3.41. The summed E-state index contributed by atoms with van der Waals surface area (Å²) in [6.07, 6.45) is 0. The third kappa shape index (κ3) is 6.10. The summed E-state index contributed by atoms with van der Waals surface area (Å²) in [5, 5.41) is 16.5. The highest BCUT2D eigenvalue weighted by Crippen LogP contribution is 2.25. The minimum absolute atomic E-state index is 0.0417. The number of H-pyrrole nitrogens is 1. The Morgan fingerprint density at radius 2 is 1.93 bits per heavy atom. The summed E-state index contributed by atoms with van der Waals surface area (Å²) in [5.74, 6) is -1.77. The van der Waals surface area contributed by atoms with E-state index in [0.29, 0.717) is 20.8 Å². The van der Waals surface area contributed by atoms with E-state index in [0.717, 1.165) is 0 Å². The Balaban J connectivity index is 0.000000172. The standard InChI is InChI=1S/C8H8N2O2S.C6H3NO3S.C3H7NO2/c1-10-4-6(11)9-5-2-3-13-7(5)8(10)12;8-5-4-3(1-2-11-4)7-6(9)10-5;1-4-2-3(5)6/h2-3H,4H2,1H3,(H,9,11);1-2H,(H,7,9);4H,2H2,1H3,(H,5,6). The molecule has 160 valence electrons. The third-order valence-corrected chi connectivity index (χ3v) is 5.26. The first-order chi connectivity index (χ1) is 14.2. The summed E-state index contributed by atoms with van der Waals surface area (Å²) >= 11 is 2.59. The number of aromatic nitrogens is 1. The summed E-state index contributed by atoms with van der Waals surface area (Å²) in [5.41, 5.74) is 0.597. The van der Waals surface area contributed by atoms with Gasteiger partial charge in [0.15, 0.2) is 0 Å². The molecule has 4 rings (SSSR count). The molecule has 0 saturated carbocycles. The van der Waals surface area contributed by atoms with Crippen molar-refractivity contribution in [3.05, 3.63) is 48.7 Å². The first kappa shape index (κ1) is 23.0. The molecule has 0 aliphatic carbocycles. The van der Waals surface area contributed by atoms with E-state index in [1.54, 1.807) is 37.0 Å². The highest BCUT2D eigenvalue weighted by molar-refractivity contribution is 7.17. The number of hydrogen-bond donors (Lipinski definition) is 4. The van der Waals surface area contributed by atoms with Gasteiger partial charge in [0.25, 0.3) is 5.91 Å². The van der Waals surface area contributed by atoms with Crippen LogP contribution in [0.4, 0.5) is 5.69 Å². The lowest BCUT2D eigenvalue weighted by Gasteiger charge is -2.10. The molecule has 4 N–H and O–H groups in total. The Labute approximate surface area is 176 Å². The normalized spacial score (nSPS) is 12.7. The van der Waals surface area contributed by atoms with E-state index in [4.69, 9.17) is 5.11 Å². The van der Waals surface area contributed by atoms with Gasteiger partial charge < -0.3 is 25.1 Å². The average molecular weight is 454 g/mol. The number of hydrogen-bond acceptors (Lipinski definition) is 9. The molecule has 0 atom stereocenters. The van der Waals surface area contributed by atoms with Crippen molar-refractivity contribution in [2.75, 3.05) is 32.5 Å². The number of nitrogens with one attached hydrogen (secondary N) is 3. The van der Waals surface area contributed by atoms with Gasteiger partial charge in [0, 0.05) is 7.05 Å². The topological polar surface area (TPSA) is 162 Å². The fourth-order valence-electron chi connectivity index (χ4n) is 2.21. The zero-order chi connectivity index (χ0) is 22.3. The van der Waals surface area contributed by atoms with Crippen molar-refractivity contribution in [3.63, 3.8) is 0 Å². The number of carbonyl (C=O) groups is 3. The van der Waals surface area contributed by atoms with Crippen LogP contribution in [-0.4, -0.2) is 60.0 Å². The van der Waals surface area contributed by atoms with Crippen molar-refractivity contribution in [2.45, 2.75) is 0 Å². The fraction of sp³-hybridized carbons (Fsp3) is 0.235. The fourth-order valence-corrected chi connectivity index (χ4v) is 3.77. The monoisotopic (exact) mass is 454 g/mol. The molecule has 0 fully saturated rings. The predicted octanol–water partition coefficient (Wildman–Crippen LogP) is 0.605. The van der Waals surface area contributed by atoms with Gasteiger partial charge in [-0.1, -0.05) is 0 Å². The van der Waals surface area contributed by atoms with Crippen LogP contribution >= 0.6 is 22.7 Å². The molecule has 3 aromatic heterocycles. The van der Waals surface area contributed by atoms with Gasteiger partial charge in [-0.2, -0.15) is 0 Å². The first-order valence-electron chi connectivity index (χ1n) is 8.32. The van der Waals surface area contributed by atoms with E-state index in [1.807, 2.05) is 0 Å². The Morgan fingerprint density at radius 3 is 2.57 bits per heavy atom. The smallest absolute Gasteiger partial charge is 0.419 e. The second-order valence-electron chi connectivity index (χ2n) is 5.76. The van der Waals surface area contributed by atoms with Crippen LogP contribution in [0.25, 0.3) is 10.2 Å². The quantitative estimate of drug-likeness (QED) is 0.438. The van der Waals surface area contributed by atoms with E-state index in [1.165, 1.54) is 27.6 Å². The van der Waals surface area contributed by atoms with Crippen molar-refractivity contribution < 1.29 is 23.9 Å². The number of carboxylic acids is 1. The van der Waals surface area contributed by atoms with Gasteiger partial charge in [-0.05, 0) is 29.9 Å². The maximum atomic E-state index is 11.6. The molecule has 0 aromatic carbocycles. The number of anilines is 1. The average Bonchev–Trinajstić information content (AvgIpc) is 3.29. The summed E-state index contributed by atoms with van der Waals surface area (Å²) in [4.78, 5) is 58.2. The van der Waals surface area contributed by atoms with Gasteiger partial charge in [-0.15, -0.1) is 22.7 Å². The number of nitrogens with zero attached hydrogens (tertiary/aromatic N) is 1. The van der Waals surface area contributed by atoms with Crippen molar-refractivity contribution in [1.29, 1.82) is 0 Å². The van der Waals surface area contributed by atoms with E-state index in [2.05, 4.69) is 20.0 Å². The molecule has 11 nitrogen and oxygen atoms in total. The van der Waals surface area contributed by atoms with Crippen LogP contribution in [0.2, 0.25) is 0 Å². The van der Waals surface area contributed by atoms with Crippen molar-refractivity contribution in [2.24, 2.45) is 0 Å². The second kappa shape index (κ2) is 10.5. The molecular weight excluding hydrogens is 436 g/mol. The van der Waals surface area contributed by atoms with Crippen LogP contribution in [-0.2, 0) is 9.59 Å². The Bertz CT molecular complexity index is 1160. The highest BCUT2D eigenvalue weighted by Gasteiger charge is 2.24. The van der Waals surface area contributed by atoms with Crippen molar-refractivity contribution in [3.8, 4) is 0 Å². The molecule has 1 aliphatic heterocycles. The molecule has 13 heteroatoms. The number of carbonyl (C=O) groups excluding carboxylic acids is 2. The van der Waals surface area contributed by atoms with Crippen LogP contribution < -0.4 is 22.0 Å². The maximum absolute atomic E-state index is 11.6. The number of thiophene rings is 2. The van der Waals surface area contributed by atoms with Crippen molar-refractivity contribution in [1.82, 2.24) is 15.2 Å². The molecule has 1 aliphatic rings. The molecule has 3 aromatic rings. The van der Waals surface area contributed by atoms with Gasteiger partial charge in [0.1, 0.15) is 9.58 Å². The number of amides is 2. The molecule has 30 heavy (non-hydrogen) atoms.